The highest BCUT2D eigenvalue weighted by molar-refractivity contribution is 5.88. The summed E-state index contributed by atoms with van der Waals surface area (Å²) in [6.07, 6.45) is 2.48. The van der Waals surface area contributed by atoms with Crippen LogP contribution in [0, 0.1) is 5.92 Å². The average Bonchev–Trinajstić information content (AvgIpc) is 2.82. The minimum Gasteiger partial charge on any atom is -0.481 e. The molecule has 0 bridgehead atoms. The second-order valence-electron chi connectivity index (χ2n) is 4.01. The van der Waals surface area contributed by atoms with Gasteiger partial charge in [0.1, 0.15) is 0 Å². The van der Waals surface area contributed by atoms with Crippen LogP contribution in [0.25, 0.3) is 0 Å². The minimum atomic E-state index is -0.781. The lowest BCUT2D eigenvalue weighted by Gasteiger charge is -2.29. The van der Waals surface area contributed by atoms with E-state index in [4.69, 9.17) is 9.52 Å². The molecule has 2 rings (SSSR count). The first-order valence-electron chi connectivity index (χ1n) is 5.49. The molecule has 0 atom stereocenters. The molecule has 2 amide bonds. The van der Waals surface area contributed by atoms with Gasteiger partial charge >= 0.3 is 12.0 Å². The smallest absolute Gasteiger partial charge is 0.324 e. The maximum atomic E-state index is 11.7. The quantitative estimate of drug-likeness (QED) is 0.819. The van der Waals surface area contributed by atoms with Crippen molar-refractivity contribution in [1.29, 1.82) is 0 Å². The Morgan fingerprint density at radius 1 is 1.41 bits per heavy atom. The predicted molar refractivity (Wildman–Crippen MR) is 59.7 cm³/mol. The average molecular weight is 238 g/mol. The van der Waals surface area contributed by atoms with Crippen molar-refractivity contribution in [3.8, 4) is 0 Å². The third-order valence-electron chi connectivity index (χ3n) is 2.88. The Morgan fingerprint density at radius 3 is 2.65 bits per heavy atom. The van der Waals surface area contributed by atoms with Gasteiger partial charge in [0.15, 0.2) is 0 Å². The van der Waals surface area contributed by atoms with E-state index in [1.165, 1.54) is 6.26 Å². The number of amides is 2. The van der Waals surface area contributed by atoms with Crippen LogP contribution in [0.2, 0.25) is 0 Å². The van der Waals surface area contributed by atoms with Crippen molar-refractivity contribution in [2.45, 2.75) is 12.8 Å². The fraction of sp³-hybridized carbons (Fsp3) is 0.455. The third-order valence-corrected chi connectivity index (χ3v) is 2.88. The summed E-state index contributed by atoms with van der Waals surface area (Å²) < 4.78 is 5.00. The molecule has 0 aliphatic carbocycles. The fourth-order valence-corrected chi connectivity index (χ4v) is 1.86. The summed E-state index contributed by atoms with van der Waals surface area (Å²) >= 11 is 0. The van der Waals surface area contributed by atoms with E-state index >= 15 is 0 Å². The number of carbonyl (C=O) groups excluding carboxylic acids is 1. The molecule has 0 aromatic carbocycles. The number of nitrogens with zero attached hydrogens (tertiary/aromatic N) is 1. The molecule has 1 aromatic rings. The van der Waals surface area contributed by atoms with E-state index < -0.39 is 5.97 Å². The van der Waals surface area contributed by atoms with Gasteiger partial charge in [0.05, 0.1) is 12.2 Å². The lowest BCUT2D eigenvalue weighted by Crippen LogP contribution is -2.42. The van der Waals surface area contributed by atoms with E-state index in [1.54, 1.807) is 17.0 Å². The number of urea groups is 1. The molecule has 92 valence electrons. The first kappa shape index (κ1) is 11.5. The molecule has 1 aliphatic rings. The summed E-state index contributed by atoms with van der Waals surface area (Å²) in [7, 11) is 0. The Morgan fingerprint density at radius 2 is 2.12 bits per heavy atom. The van der Waals surface area contributed by atoms with Gasteiger partial charge in [-0.1, -0.05) is 0 Å². The normalized spacial score (nSPS) is 16.8. The lowest BCUT2D eigenvalue weighted by atomic mass is 9.97. The Balaban J connectivity index is 1.84. The molecule has 1 aromatic heterocycles. The highest BCUT2D eigenvalue weighted by atomic mass is 16.4. The van der Waals surface area contributed by atoms with Gasteiger partial charge in [0.25, 0.3) is 0 Å². The van der Waals surface area contributed by atoms with E-state index in [0.29, 0.717) is 31.8 Å². The van der Waals surface area contributed by atoms with Crippen LogP contribution in [-0.4, -0.2) is 35.1 Å². The van der Waals surface area contributed by atoms with Crippen LogP contribution in [0.15, 0.2) is 22.8 Å². The lowest BCUT2D eigenvalue weighted by molar-refractivity contribution is -0.143. The molecular weight excluding hydrogens is 224 g/mol. The molecule has 2 heterocycles. The zero-order valence-corrected chi connectivity index (χ0v) is 9.26. The van der Waals surface area contributed by atoms with Crippen LogP contribution in [0.4, 0.5) is 10.7 Å². The largest absolute Gasteiger partial charge is 0.481 e. The van der Waals surface area contributed by atoms with Gasteiger partial charge in [-0.3, -0.25) is 10.1 Å². The van der Waals surface area contributed by atoms with Gasteiger partial charge in [-0.25, -0.2) is 4.79 Å². The summed E-state index contributed by atoms with van der Waals surface area (Å²) in [5, 5.41) is 11.4. The number of anilines is 1. The molecule has 1 saturated heterocycles. The summed E-state index contributed by atoms with van der Waals surface area (Å²) in [5.74, 6) is -0.714. The first-order chi connectivity index (χ1) is 8.16. The number of nitrogens with one attached hydrogen (secondary N) is 1. The molecule has 2 N–H and O–H groups in total. The van der Waals surface area contributed by atoms with Crippen molar-refractivity contribution in [3.63, 3.8) is 0 Å². The van der Waals surface area contributed by atoms with Gasteiger partial charge in [-0.15, -0.1) is 0 Å². The van der Waals surface area contributed by atoms with Gasteiger partial charge in [-0.05, 0) is 18.9 Å². The molecule has 6 heteroatoms. The topological polar surface area (TPSA) is 82.8 Å². The number of rotatable bonds is 2. The maximum Gasteiger partial charge on any atom is 0.324 e. The van der Waals surface area contributed by atoms with E-state index in [1.807, 2.05) is 0 Å². The molecule has 0 saturated carbocycles. The number of furan rings is 1. The zero-order chi connectivity index (χ0) is 12.3. The number of carboxylic acid groups (broad SMARTS) is 1. The van der Waals surface area contributed by atoms with Gasteiger partial charge in [0.2, 0.25) is 5.88 Å². The van der Waals surface area contributed by atoms with Crippen molar-refractivity contribution in [1.82, 2.24) is 4.90 Å². The summed E-state index contributed by atoms with van der Waals surface area (Å²) in [4.78, 5) is 24.1. The zero-order valence-electron chi connectivity index (χ0n) is 9.26. The van der Waals surface area contributed by atoms with Crippen molar-refractivity contribution in [2.24, 2.45) is 5.92 Å². The number of carboxylic acids is 1. The second-order valence-corrected chi connectivity index (χ2v) is 4.01. The second kappa shape index (κ2) is 4.90. The fourth-order valence-electron chi connectivity index (χ4n) is 1.86. The van der Waals surface area contributed by atoms with Crippen LogP contribution < -0.4 is 5.32 Å². The van der Waals surface area contributed by atoms with Gasteiger partial charge in [-0.2, -0.15) is 0 Å². The van der Waals surface area contributed by atoms with Gasteiger partial charge in [0, 0.05) is 19.2 Å². The Kier molecular flexibility index (Phi) is 3.32. The molecule has 0 unspecified atom stereocenters. The highest BCUT2D eigenvalue weighted by Gasteiger charge is 2.27. The summed E-state index contributed by atoms with van der Waals surface area (Å²) in [6, 6.07) is 3.09. The van der Waals surface area contributed by atoms with Crippen LogP contribution in [0.3, 0.4) is 0 Å². The number of hydrogen-bond donors (Lipinski definition) is 2. The Labute approximate surface area is 98.2 Å². The van der Waals surface area contributed by atoms with Crippen LogP contribution in [-0.2, 0) is 4.79 Å². The SMILES string of the molecule is O=C(O)C1CCN(C(=O)Nc2ccco2)CC1. The van der Waals surface area contributed by atoms with Gasteiger partial charge < -0.3 is 14.4 Å². The predicted octanol–water partition coefficient (Wildman–Crippen LogP) is 1.61. The number of carbonyl (C=O) groups is 2. The number of aliphatic carboxylic acids is 1. The molecule has 17 heavy (non-hydrogen) atoms. The maximum absolute atomic E-state index is 11.7. The van der Waals surface area contributed by atoms with Crippen molar-refractivity contribution >= 4 is 17.9 Å². The molecule has 1 fully saturated rings. The van der Waals surface area contributed by atoms with Crippen molar-refractivity contribution in [3.05, 3.63) is 18.4 Å². The first-order valence-corrected chi connectivity index (χ1v) is 5.49. The molecular formula is C11H14N2O4. The number of piperidine rings is 1. The molecule has 0 spiro atoms. The third kappa shape index (κ3) is 2.77. The standard InChI is InChI=1S/C11H14N2O4/c14-10(15)8-3-5-13(6-4-8)11(16)12-9-2-1-7-17-9/h1-2,7-8H,3-6H2,(H,12,16)(H,14,15). The van der Waals surface area contributed by atoms with E-state index in [-0.39, 0.29) is 11.9 Å². The molecule has 1 aliphatic heterocycles. The van der Waals surface area contributed by atoms with Crippen LogP contribution in [0.5, 0.6) is 0 Å². The Hall–Kier alpha value is -1.98. The van der Waals surface area contributed by atoms with E-state index in [0.717, 1.165) is 0 Å². The minimum absolute atomic E-state index is 0.246. The summed E-state index contributed by atoms with van der Waals surface area (Å²) in [6.45, 7) is 0.924. The van der Waals surface area contributed by atoms with Crippen molar-refractivity contribution < 1.29 is 19.1 Å². The van der Waals surface area contributed by atoms with Crippen molar-refractivity contribution in [2.75, 3.05) is 18.4 Å². The summed E-state index contributed by atoms with van der Waals surface area (Å²) in [5.41, 5.74) is 0. The molecule has 0 radical (unpaired) electrons. The van der Waals surface area contributed by atoms with E-state index in [9.17, 15) is 9.59 Å². The van der Waals surface area contributed by atoms with Crippen LogP contribution >= 0.6 is 0 Å². The van der Waals surface area contributed by atoms with E-state index in [2.05, 4.69) is 5.32 Å². The Bertz CT molecular complexity index is 394. The number of hydrogen-bond acceptors (Lipinski definition) is 3. The monoisotopic (exact) mass is 238 g/mol. The number of likely N-dealkylation sites (tertiary alicyclic amines) is 1. The van der Waals surface area contributed by atoms with Crippen LogP contribution in [0.1, 0.15) is 12.8 Å². The highest BCUT2D eigenvalue weighted by Crippen LogP contribution is 2.18. The molecule has 6 nitrogen and oxygen atoms in total.